The molecule has 5 rings (SSSR count). The zero-order valence-corrected chi connectivity index (χ0v) is 18.0. The number of methoxy groups -OCH3 is 1. The maximum atomic E-state index is 13.8. The molecule has 3 aromatic rings. The number of anilines is 1. The molecule has 1 aromatic heterocycles. The van der Waals surface area contributed by atoms with Crippen molar-refractivity contribution in [1.82, 2.24) is 14.4 Å². The molecule has 6 heteroatoms. The van der Waals surface area contributed by atoms with Gasteiger partial charge in [0.2, 0.25) is 0 Å². The number of ether oxygens (including phenoxy) is 1. The van der Waals surface area contributed by atoms with E-state index in [1.807, 2.05) is 35.2 Å². The smallest absolute Gasteiger partial charge is 0.323 e. The third-order valence-corrected chi connectivity index (χ3v) is 6.73. The Morgan fingerprint density at radius 2 is 1.74 bits per heavy atom. The van der Waals surface area contributed by atoms with Gasteiger partial charge >= 0.3 is 6.03 Å². The minimum absolute atomic E-state index is 0.0986. The number of benzene rings is 2. The number of hydrogen-bond donors (Lipinski definition) is 1. The maximum absolute atomic E-state index is 13.8. The summed E-state index contributed by atoms with van der Waals surface area (Å²) in [4.78, 5) is 18.2. The fourth-order valence-electron chi connectivity index (χ4n) is 5.02. The highest BCUT2D eigenvalue weighted by Crippen LogP contribution is 2.44. The zero-order valence-electron chi connectivity index (χ0n) is 18.0. The van der Waals surface area contributed by atoms with Gasteiger partial charge in [0.05, 0.1) is 30.6 Å². The standard InChI is InChI=1S/C25H28N4O2/c1-27-16-13-25(14-17-27)23-12-7-15-28(23)21-10-5-3-8-19(21)18-29(25)24(30)26-20-9-4-6-11-22(20)31-2/h3-12,15H,13-14,16-18H2,1-2H3,(H,26,30). The first-order chi connectivity index (χ1) is 15.1. The minimum atomic E-state index is -0.374. The fraction of sp³-hybridized carbons (Fsp3) is 0.320. The summed E-state index contributed by atoms with van der Waals surface area (Å²) in [7, 11) is 3.77. The van der Waals surface area contributed by atoms with Gasteiger partial charge in [-0.2, -0.15) is 0 Å². The number of hydrogen-bond acceptors (Lipinski definition) is 3. The highest BCUT2D eigenvalue weighted by atomic mass is 16.5. The molecule has 0 atom stereocenters. The van der Waals surface area contributed by atoms with E-state index in [-0.39, 0.29) is 11.6 Å². The number of rotatable bonds is 2. The Hall–Kier alpha value is -3.25. The molecule has 160 valence electrons. The normalized spacial score (nSPS) is 17.5. The number of para-hydroxylation sites is 3. The molecule has 2 aliphatic heterocycles. The number of piperidine rings is 1. The first kappa shape index (κ1) is 19.7. The van der Waals surface area contributed by atoms with Gasteiger partial charge in [-0.25, -0.2) is 4.79 Å². The summed E-state index contributed by atoms with van der Waals surface area (Å²) in [6, 6.07) is 20.1. The Balaban J connectivity index is 1.61. The van der Waals surface area contributed by atoms with Crippen LogP contribution in [0.15, 0.2) is 66.9 Å². The lowest BCUT2D eigenvalue weighted by Crippen LogP contribution is -2.55. The summed E-state index contributed by atoms with van der Waals surface area (Å²) in [5, 5.41) is 3.13. The molecule has 0 saturated carbocycles. The quantitative estimate of drug-likeness (QED) is 0.671. The maximum Gasteiger partial charge on any atom is 0.323 e. The molecular formula is C25H28N4O2. The van der Waals surface area contributed by atoms with Crippen molar-refractivity contribution in [3.8, 4) is 11.4 Å². The number of carbonyl (C=O) groups excluding carboxylic acids is 1. The molecule has 2 amide bonds. The second-order valence-corrected chi connectivity index (χ2v) is 8.44. The Bertz CT molecular complexity index is 1100. The molecule has 0 radical (unpaired) electrons. The number of fused-ring (bicyclic) bond motifs is 4. The average molecular weight is 417 g/mol. The molecule has 0 unspecified atom stereocenters. The van der Waals surface area contributed by atoms with Crippen molar-refractivity contribution >= 4 is 11.7 Å². The Morgan fingerprint density at radius 3 is 2.55 bits per heavy atom. The summed E-state index contributed by atoms with van der Waals surface area (Å²) >= 11 is 0. The third kappa shape index (κ3) is 3.27. The Kier molecular flexibility index (Phi) is 4.94. The number of urea groups is 1. The van der Waals surface area contributed by atoms with E-state index in [0.29, 0.717) is 18.0 Å². The first-order valence-corrected chi connectivity index (χ1v) is 10.8. The van der Waals surface area contributed by atoms with Crippen LogP contribution in [0.1, 0.15) is 24.1 Å². The van der Waals surface area contributed by atoms with Crippen LogP contribution in [0, 0.1) is 0 Å². The van der Waals surface area contributed by atoms with Crippen molar-refractivity contribution in [3.05, 3.63) is 78.1 Å². The molecule has 31 heavy (non-hydrogen) atoms. The van der Waals surface area contributed by atoms with Gasteiger partial charge in [-0.15, -0.1) is 0 Å². The van der Waals surface area contributed by atoms with Crippen LogP contribution in [0.5, 0.6) is 5.75 Å². The summed E-state index contributed by atoms with van der Waals surface area (Å²) in [5.41, 5.74) is 3.78. The number of nitrogens with one attached hydrogen (secondary N) is 1. The topological polar surface area (TPSA) is 49.7 Å². The molecular weight excluding hydrogens is 388 g/mol. The summed E-state index contributed by atoms with van der Waals surface area (Å²) in [6.45, 7) is 2.45. The van der Waals surface area contributed by atoms with E-state index in [2.05, 4.69) is 58.4 Å². The van der Waals surface area contributed by atoms with E-state index in [1.54, 1.807) is 7.11 Å². The van der Waals surface area contributed by atoms with Gasteiger partial charge in [-0.05, 0) is 55.8 Å². The molecule has 1 saturated heterocycles. The predicted molar refractivity (Wildman–Crippen MR) is 122 cm³/mol. The number of carbonyl (C=O) groups is 1. The second kappa shape index (κ2) is 7.78. The van der Waals surface area contributed by atoms with Crippen molar-refractivity contribution < 1.29 is 9.53 Å². The molecule has 1 fully saturated rings. The highest BCUT2D eigenvalue weighted by molar-refractivity contribution is 5.91. The molecule has 1 N–H and O–H groups in total. The van der Waals surface area contributed by atoms with Gasteiger partial charge in [0.15, 0.2) is 0 Å². The largest absolute Gasteiger partial charge is 0.495 e. The lowest BCUT2D eigenvalue weighted by Gasteiger charge is -2.47. The van der Waals surface area contributed by atoms with E-state index in [4.69, 9.17) is 4.74 Å². The molecule has 0 bridgehead atoms. The monoisotopic (exact) mass is 416 g/mol. The molecule has 2 aliphatic rings. The lowest BCUT2D eigenvalue weighted by atomic mass is 9.82. The van der Waals surface area contributed by atoms with Gasteiger partial charge in [0.1, 0.15) is 5.75 Å². The minimum Gasteiger partial charge on any atom is -0.495 e. The second-order valence-electron chi connectivity index (χ2n) is 8.44. The van der Waals surface area contributed by atoms with Crippen LogP contribution in [-0.2, 0) is 12.1 Å². The highest BCUT2D eigenvalue weighted by Gasteiger charge is 2.47. The van der Waals surface area contributed by atoms with Gasteiger partial charge in [-0.3, -0.25) is 0 Å². The van der Waals surface area contributed by atoms with Crippen LogP contribution in [0.4, 0.5) is 10.5 Å². The summed E-state index contributed by atoms with van der Waals surface area (Å²) in [5.74, 6) is 0.659. The van der Waals surface area contributed by atoms with E-state index >= 15 is 0 Å². The SMILES string of the molecule is COc1ccccc1NC(=O)N1Cc2ccccc2-n2cccc2C12CCN(C)CC2. The molecule has 2 aromatic carbocycles. The lowest BCUT2D eigenvalue weighted by molar-refractivity contribution is 0.0490. The zero-order chi connectivity index (χ0) is 21.4. The molecule has 6 nitrogen and oxygen atoms in total. The molecule has 3 heterocycles. The van der Waals surface area contributed by atoms with Crippen molar-refractivity contribution in [2.24, 2.45) is 0 Å². The van der Waals surface area contributed by atoms with Crippen molar-refractivity contribution in [1.29, 1.82) is 0 Å². The van der Waals surface area contributed by atoms with E-state index in [0.717, 1.165) is 37.2 Å². The van der Waals surface area contributed by atoms with Gasteiger partial charge in [-0.1, -0.05) is 30.3 Å². The van der Waals surface area contributed by atoms with Crippen LogP contribution in [0.25, 0.3) is 5.69 Å². The van der Waals surface area contributed by atoms with Gasteiger partial charge < -0.3 is 24.4 Å². The number of amides is 2. The first-order valence-electron chi connectivity index (χ1n) is 10.8. The number of nitrogens with zero attached hydrogens (tertiary/aromatic N) is 3. The molecule has 1 spiro atoms. The van der Waals surface area contributed by atoms with E-state index < -0.39 is 0 Å². The van der Waals surface area contributed by atoms with Crippen LogP contribution in [0.2, 0.25) is 0 Å². The van der Waals surface area contributed by atoms with Crippen molar-refractivity contribution in [3.63, 3.8) is 0 Å². The van der Waals surface area contributed by atoms with E-state index in [9.17, 15) is 4.79 Å². The third-order valence-electron chi connectivity index (χ3n) is 6.73. The fourth-order valence-corrected chi connectivity index (χ4v) is 5.02. The van der Waals surface area contributed by atoms with Gasteiger partial charge in [0.25, 0.3) is 0 Å². The van der Waals surface area contributed by atoms with Crippen LogP contribution < -0.4 is 10.1 Å². The van der Waals surface area contributed by atoms with Gasteiger partial charge in [0, 0.05) is 25.0 Å². The van der Waals surface area contributed by atoms with Crippen molar-refractivity contribution in [2.45, 2.75) is 24.9 Å². The summed E-state index contributed by atoms with van der Waals surface area (Å²) < 4.78 is 7.74. The summed E-state index contributed by atoms with van der Waals surface area (Å²) in [6.07, 6.45) is 3.90. The van der Waals surface area contributed by atoms with Crippen LogP contribution >= 0.6 is 0 Å². The predicted octanol–water partition coefficient (Wildman–Crippen LogP) is 4.45. The number of likely N-dealkylation sites (tertiary alicyclic amines) is 1. The Labute approximate surface area is 183 Å². The van der Waals surface area contributed by atoms with Crippen LogP contribution in [-0.4, -0.2) is 47.6 Å². The average Bonchev–Trinajstić information content (AvgIpc) is 3.26. The van der Waals surface area contributed by atoms with Crippen LogP contribution in [0.3, 0.4) is 0 Å². The van der Waals surface area contributed by atoms with Crippen molar-refractivity contribution in [2.75, 3.05) is 32.6 Å². The number of aromatic nitrogens is 1. The van der Waals surface area contributed by atoms with E-state index in [1.165, 1.54) is 5.69 Å². The Morgan fingerprint density at radius 1 is 1.00 bits per heavy atom. The molecule has 0 aliphatic carbocycles.